The quantitative estimate of drug-likeness (QED) is 0.0325. The van der Waals surface area contributed by atoms with Crippen molar-refractivity contribution in [2.75, 3.05) is 6.61 Å². The molecule has 0 rings (SSSR count). The van der Waals surface area contributed by atoms with Crippen LogP contribution in [0.1, 0.15) is 245 Å². The topological polar surface area (TPSA) is 95.9 Å². The number of carbonyl (C=O) groups is 2. The lowest BCUT2D eigenvalue weighted by Gasteiger charge is -2.24. The molecule has 0 aromatic rings. The van der Waals surface area contributed by atoms with Gasteiger partial charge >= 0.3 is 5.97 Å². The molecule has 3 unspecified atom stereocenters. The molecule has 3 N–H and O–H groups in total. The largest absolute Gasteiger partial charge is 0.462 e. The van der Waals surface area contributed by atoms with E-state index < -0.39 is 18.2 Å². The van der Waals surface area contributed by atoms with E-state index in [1.54, 1.807) is 0 Å². The molecule has 0 aliphatic rings. The normalized spacial score (nSPS) is 13.6. The molecule has 0 spiro atoms. The summed E-state index contributed by atoms with van der Waals surface area (Å²) < 4.78 is 5.87. The minimum atomic E-state index is -0.794. The number of amides is 1. The molecule has 0 aromatic heterocycles. The standard InChI is InChI=1S/C50H93NO5/c1-4-7-10-13-16-19-21-23-24-26-27-30-32-35-38-41-46(56-50(55)43-40-37-34-31-28-25-22-20-17-14-11-8-5-2)44-49(54)51-47(45-52)48(53)42-39-36-33-29-18-15-12-9-6-3/h23-25,28,34,37,46-48,52-53H,4-22,26-27,29-33,35-36,38-45H2,1-3H3,(H,51,54)/b24-23+,28-25-,37-34+. The van der Waals surface area contributed by atoms with Crippen LogP contribution in [0.25, 0.3) is 0 Å². The van der Waals surface area contributed by atoms with Crippen molar-refractivity contribution >= 4 is 11.9 Å². The molecule has 0 saturated heterocycles. The zero-order valence-corrected chi connectivity index (χ0v) is 37.3. The van der Waals surface area contributed by atoms with Crippen molar-refractivity contribution in [2.45, 2.75) is 264 Å². The second-order valence-electron chi connectivity index (χ2n) is 16.5. The number of hydrogen-bond acceptors (Lipinski definition) is 5. The van der Waals surface area contributed by atoms with E-state index in [1.165, 1.54) is 135 Å². The van der Waals surface area contributed by atoms with Crippen molar-refractivity contribution in [1.82, 2.24) is 5.32 Å². The summed E-state index contributed by atoms with van der Waals surface area (Å²) in [5.41, 5.74) is 0. The Labute approximate surface area is 347 Å². The molecule has 1 amide bonds. The third kappa shape index (κ3) is 38.9. The number of aliphatic hydroxyl groups excluding tert-OH is 2. The van der Waals surface area contributed by atoms with E-state index in [1.807, 2.05) is 6.08 Å². The zero-order valence-electron chi connectivity index (χ0n) is 37.3. The maximum Gasteiger partial charge on any atom is 0.306 e. The van der Waals surface area contributed by atoms with Crippen molar-refractivity contribution in [1.29, 1.82) is 0 Å². The molecule has 3 atom stereocenters. The van der Waals surface area contributed by atoms with Gasteiger partial charge in [-0.15, -0.1) is 0 Å². The van der Waals surface area contributed by atoms with Crippen LogP contribution in [0.4, 0.5) is 0 Å². The van der Waals surface area contributed by atoms with E-state index >= 15 is 0 Å². The molecule has 0 heterocycles. The highest BCUT2D eigenvalue weighted by Crippen LogP contribution is 2.17. The first-order valence-corrected chi connectivity index (χ1v) is 24.2. The van der Waals surface area contributed by atoms with Crippen LogP contribution in [-0.4, -0.2) is 46.9 Å². The number of rotatable bonds is 43. The minimum absolute atomic E-state index is 0.0512. The molecule has 6 nitrogen and oxygen atoms in total. The predicted octanol–water partition coefficient (Wildman–Crippen LogP) is 14.1. The number of carbonyl (C=O) groups excluding carboxylic acids is 2. The Morgan fingerprint density at radius 1 is 0.518 bits per heavy atom. The van der Waals surface area contributed by atoms with Crippen LogP contribution >= 0.6 is 0 Å². The summed E-state index contributed by atoms with van der Waals surface area (Å²) in [6.45, 7) is 6.43. The SMILES string of the molecule is CCCCCCCC/C=C\C/C=C/CCC(=O)OC(CCCCCCC/C=C/CCCCCCCC)CC(=O)NC(CO)C(O)CCCCCCCCCCC. The summed E-state index contributed by atoms with van der Waals surface area (Å²) in [5, 5.41) is 23.6. The Hall–Kier alpha value is -1.92. The number of ether oxygens (including phenoxy) is 1. The molecule has 0 saturated carbocycles. The van der Waals surface area contributed by atoms with E-state index in [0.717, 1.165) is 57.8 Å². The number of aliphatic hydroxyl groups is 2. The van der Waals surface area contributed by atoms with Crippen LogP contribution in [0.2, 0.25) is 0 Å². The van der Waals surface area contributed by atoms with Crippen molar-refractivity contribution in [2.24, 2.45) is 0 Å². The van der Waals surface area contributed by atoms with Crippen LogP contribution in [0.3, 0.4) is 0 Å². The average Bonchev–Trinajstić information content (AvgIpc) is 3.19. The maximum absolute atomic E-state index is 13.1. The molecular formula is C50H93NO5. The van der Waals surface area contributed by atoms with Crippen LogP contribution in [0, 0.1) is 0 Å². The van der Waals surface area contributed by atoms with Gasteiger partial charge in [0.05, 0.1) is 25.2 Å². The number of esters is 1. The molecule has 0 fully saturated rings. The van der Waals surface area contributed by atoms with E-state index in [2.05, 4.69) is 56.5 Å². The van der Waals surface area contributed by atoms with Crippen molar-refractivity contribution in [3.05, 3.63) is 36.5 Å². The van der Waals surface area contributed by atoms with E-state index in [4.69, 9.17) is 4.74 Å². The van der Waals surface area contributed by atoms with Crippen LogP contribution in [0.5, 0.6) is 0 Å². The zero-order chi connectivity index (χ0) is 41.0. The highest BCUT2D eigenvalue weighted by molar-refractivity contribution is 5.77. The Bertz CT molecular complexity index is 930. The summed E-state index contributed by atoms with van der Waals surface area (Å²) in [7, 11) is 0. The average molecular weight is 788 g/mol. The summed E-state index contributed by atoms with van der Waals surface area (Å²) in [5.74, 6) is -0.559. The third-order valence-corrected chi connectivity index (χ3v) is 11.0. The monoisotopic (exact) mass is 788 g/mol. The number of allylic oxidation sites excluding steroid dienone is 6. The molecular weight excluding hydrogens is 695 g/mol. The van der Waals surface area contributed by atoms with Crippen LogP contribution < -0.4 is 5.32 Å². The van der Waals surface area contributed by atoms with Gasteiger partial charge in [0, 0.05) is 6.42 Å². The number of nitrogens with one attached hydrogen (secondary N) is 1. The molecule has 0 aliphatic carbocycles. The summed E-state index contributed by atoms with van der Waals surface area (Å²) in [6.07, 6.45) is 50.7. The smallest absolute Gasteiger partial charge is 0.306 e. The fourth-order valence-corrected chi connectivity index (χ4v) is 7.24. The molecule has 0 aliphatic heterocycles. The van der Waals surface area contributed by atoms with Gasteiger partial charge in [-0.1, -0.05) is 198 Å². The lowest BCUT2D eigenvalue weighted by molar-refractivity contribution is -0.150. The van der Waals surface area contributed by atoms with Crippen molar-refractivity contribution in [3.63, 3.8) is 0 Å². The second kappa shape index (κ2) is 44.2. The molecule has 0 radical (unpaired) electrons. The van der Waals surface area contributed by atoms with Crippen molar-refractivity contribution in [3.8, 4) is 0 Å². The summed E-state index contributed by atoms with van der Waals surface area (Å²) in [6, 6.07) is -0.710. The maximum atomic E-state index is 13.1. The Morgan fingerprint density at radius 2 is 0.911 bits per heavy atom. The Balaban J connectivity index is 4.67. The van der Waals surface area contributed by atoms with Gasteiger partial charge in [-0.05, 0) is 70.6 Å². The van der Waals surface area contributed by atoms with Gasteiger partial charge in [-0.25, -0.2) is 0 Å². The van der Waals surface area contributed by atoms with Crippen LogP contribution in [-0.2, 0) is 14.3 Å². The minimum Gasteiger partial charge on any atom is -0.462 e. The first-order valence-electron chi connectivity index (χ1n) is 24.2. The van der Waals surface area contributed by atoms with Gasteiger partial charge in [0.2, 0.25) is 5.91 Å². The second-order valence-corrected chi connectivity index (χ2v) is 16.5. The lowest BCUT2D eigenvalue weighted by Crippen LogP contribution is -2.46. The third-order valence-electron chi connectivity index (χ3n) is 11.0. The van der Waals surface area contributed by atoms with E-state index in [9.17, 15) is 19.8 Å². The van der Waals surface area contributed by atoms with Crippen LogP contribution in [0.15, 0.2) is 36.5 Å². The highest BCUT2D eigenvalue weighted by Gasteiger charge is 2.24. The molecule has 56 heavy (non-hydrogen) atoms. The Kier molecular flexibility index (Phi) is 42.7. The fraction of sp³-hybridized carbons (Fsp3) is 0.840. The number of hydrogen-bond donors (Lipinski definition) is 3. The molecule has 0 aromatic carbocycles. The molecule has 6 heteroatoms. The van der Waals surface area contributed by atoms with Gasteiger partial charge in [-0.3, -0.25) is 9.59 Å². The van der Waals surface area contributed by atoms with Gasteiger partial charge in [0.1, 0.15) is 6.10 Å². The highest BCUT2D eigenvalue weighted by atomic mass is 16.5. The first kappa shape index (κ1) is 54.1. The van der Waals surface area contributed by atoms with Gasteiger partial charge in [0.15, 0.2) is 0 Å². The number of unbranched alkanes of at least 4 members (excludes halogenated alkanes) is 25. The summed E-state index contributed by atoms with van der Waals surface area (Å²) in [4.78, 5) is 26.0. The van der Waals surface area contributed by atoms with E-state index in [-0.39, 0.29) is 24.9 Å². The summed E-state index contributed by atoms with van der Waals surface area (Å²) >= 11 is 0. The first-order chi connectivity index (χ1) is 27.5. The fourth-order valence-electron chi connectivity index (χ4n) is 7.24. The van der Waals surface area contributed by atoms with E-state index in [0.29, 0.717) is 25.7 Å². The predicted molar refractivity (Wildman–Crippen MR) is 241 cm³/mol. The lowest BCUT2D eigenvalue weighted by atomic mass is 10.0. The Morgan fingerprint density at radius 3 is 1.38 bits per heavy atom. The van der Waals surface area contributed by atoms with Gasteiger partial charge in [-0.2, -0.15) is 0 Å². The molecule has 328 valence electrons. The van der Waals surface area contributed by atoms with Crippen molar-refractivity contribution < 1.29 is 24.5 Å². The molecule has 0 bridgehead atoms. The van der Waals surface area contributed by atoms with Gasteiger partial charge in [0.25, 0.3) is 0 Å². The van der Waals surface area contributed by atoms with Gasteiger partial charge < -0.3 is 20.3 Å².